The second-order valence-corrected chi connectivity index (χ2v) is 5.34. The van der Waals surface area contributed by atoms with Gasteiger partial charge in [-0.1, -0.05) is 51.8 Å². The summed E-state index contributed by atoms with van der Waals surface area (Å²) in [5.41, 5.74) is 1.12. The molecule has 0 fully saturated rings. The van der Waals surface area contributed by atoms with Crippen molar-refractivity contribution >= 4 is 33.3 Å². The largest absolute Gasteiger partial charge is 0.292 e. The lowest BCUT2D eigenvalue weighted by Crippen LogP contribution is -2.11. The fraction of sp³-hybridized carbons (Fsp3) is 0.0667. The molecule has 0 aliphatic carbocycles. The van der Waals surface area contributed by atoms with Crippen LogP contribution in [0.25, 0.3) is 0 Å². The molecule has 0 saturated heterocycles. The summed E-state index contributed by atoms with van der Waals surface area (Å²) in [6.07, 6.45) is 0. The van der Waals surface area contributed by atoms with Crippen molar-refractivity contribution in [1.29, 1.82) is 5.26 Å². The van der Waals surface area contributed by atoms with Crippen LogP contribution >= 0.6 is 27.5 Å². The third kappa shape index (κ3) is 3.23. The third-order valence-corrected chi connectivity index (χ3v) is 3.47. The van der Waals surface area contributed by atoms with E-state index in [1.807, 2.05) is 6.07 Å². The summed E-state index contributed by atoms with van der Waals surface area (Å²) in [6, 6.07) is 15.8. The third-order valence-electron chi connectivity index (χ3n) is 2.70. The van der Waals surface area contributed by atoms with Gasteiger partial charge in [0, 0.05) is 15.1 Å². The number of benzene rings is 2. The summed E-state index contributed by atoms with van der Waals surface area (Å²) < 4.78 is 0.889. The normalized spacial score (nSPS) is 11.6. The molecule has 2 rings (SSSR count). The Bertz CT molecular complexity index is 646. The van der Waals surface area contributed by atoms with E-state index < -0.39 is 5.92 Å². The Labute approximate surface area is 124 Å². The van der Waals surface area contributed by atoms with Gasteiger partial charge >= 0.3 is 0 Å². The van der Waals surface area contributed by atoms with E-state index in [-0.39, 0.29) is 5.78 Å². The van der Waals surface area contributed by atoms with Gasteiger partial charge in [0.05, 0.1) is 6.07 Å². The number of halogens is 2. The molecule has 2 nitrogen and oxygen atoms in total. The van der Waals surface area contributed by atoms with Crippen molar-refractivity contribution in [3.63, 3.8) is 0 Å². The van der Waals surface area contributed by atoms with Crippen LogP contribution in [0.1, 0.15) is 21.8 Å². The first-order chi connectivity index (χ1) is 9.11. The molecule has 1 unspecified atom stereocenters. The molecule has 0 aliphatic rings. The van der Waals surface area contributed by atoms with E-state index in [2.05, 4.69) is 15.9 Å². The van der Waals surface area contributed by atoms with E-state index in [4.69, 9.17) is 11.6 Å². The number of carbonyl (C=O) groups excluding carboxylic acids is 1. The number of Topliss-reactive ketones (excluding diaryl/α,β-unsaturated/α-hetero) is 1. The predicted molar refractivity (Wildman–Crippen MR) is 78.3 cm³/mol. The highest BCUT2D eigenvalue weighted by Crippen LogP contribution is 2.23. The fourth-order valence-electron chi connectivity index (χ4n) is 1.75. The number of carbonyl (C=O) groups is 1. The van der Waals surface area contributed by atoms with Crippen molar-refractivity contribution in [2.75, 3.05) is 0 Å². The molecule has 0 saturated carbocycles. The Kier molecular flexibility index (Phi) is 4.36. The highest BCUT2D eigenvalue weighted by molar-refractivity contribution is 9.10. The van der Waals surface area contributed by atoms with Crippen LogP contribution < -0.4 is 0 Å². The standard InChI is InChI=1S/C15H9BrClNO/c16-12-6-4-10(5-7-12)15(19)14(9-18)11-2-1-3-13(17)8-11/h1-8,14H. The first-order valence-corrected chi connectivity index (χ1v) is 6.74. The van der Waals surface area contributed by atoms with Gasteiger partial charge in [0.1, 0.15) is 5.92 Å². The Hall–Kier alpha value is -1.63. The molecule has 0 radical (unpaired) electrons. The van der Waals surface area contributed by atoms with Crippen LogP contribution in [-0.4, -0.2) is 5.78 Å². The van der Waals surface area contributed by atoms with Crippen LogP contribution in [0.5, 0.6) is 0 Å². The molecule has 0 spiro atoms. The minimum atomic E-state index is -0.833. The highest BCUT2D eigenvalue weighted by atomic mass is 79.9. The maximum atomic E-state index is 12.3. The maximum absolute atomic E-state index is 12.3. The van der Waals surface area contributed by atoms with Crippen LogP contribution in [0.4, 0.5) is 0 Å². The number of hydrogen-bond acceptors (Lipinski definition) is 2. The van der Waals surface area contributed by atoms with E-state index in [9.17, 15) is 10.1 Å². The molecule has 2 aromatic carbocycles. The topological polar surface area (TPSA) is 40.9 Å². The van der Waals surface area contributed by atoms with Gasteiger partial charge < -0.3 is 0 Å². The van der Waals surface area contributed by atoms with Crippen molar-refractivity contribution < 1.29 is 4.79 Å². The number of nitrogens with zero attached hydrogens (tertiary/aromatic N) is 1. The van der Waals surface area contributed by atoms with Crippen LogP contribution in [0.3, 0.4) is 0 Å². The summed E-state index contributed by atoms with van der Waals surface area (Å²) in [5, 5.41) is 9.75. The first kappa shape index (κ1) is 13.8. The summed E-state index contributed by atoms with van der Waals surface area (Å²) in [7, 11) is 0. The molecule has 0 N–H and O–H groups in total. The minimum Gasteiger partial charge on any atom is -0.292 e. The first-order valence-electron chi connectivity index (χ1n) is 5.56. The monoisotopic (exact) mass is 333 g/mol. The Balaban J connectivity index is 2.35. The summed E-state index contributed by atoms with van der Waals surface area (Å²) in [5.74, 6) is -1.06. The van der Waals surface area contributed by atoms with Crippen molar-refractivity contribution in [2.45, 2.75) is 5.92 Å². The van der Waals surface area contributed by atoms with Gasteiger partial charge in [0.15, 0.2) is 5.78 Å². The average molecular weight is 335 g/mol. The summed E-state index contributed by atoms with van der Waals surface area (Å²) in [4.78, 5) is 12.3. The zero-order chi connectivity index (χ0) is 13.8. The Morgan fingerprint density at radius 2 is 1.89 bits per heavy atom. The maximum Gasteiger partial charge on any atom is 0.184 e. The minimum absolute atomic E-state index is 0.225. The SMILES string of the molecule is N#CC(C(=O)c1ccc(Br)cc1)c1cccc(Cl)c1. The molecule has 0 amide bonds. The second-order valence-electron chi connectivity index (χ2n) is 3.99. The van der Waals surface area contributed by atoms with Crippen molar-refractivity contribution in [2.24, 2.45) is 0 Å². The van der Waals surface area contributed by atoms with Gasteiger partial charge in [0.2, 0.25) is 0 Å². The summed E-state index contributed by atoms with van der Waals surface area (Å²) >= 11 is 9.20. The average Bonchev–Trinajstić information content (AvgIpc) is 2.40. The molecule has 2 aromatic rings. The van der Waals surface area contributed by atoms with E-state index in [1.54, 1.807) is 48.5 Å². The van der Waals surface area contributed by atoms with E-state index in [0.29, 0.717) is 16.1 Å². The van der Waals surface area contributed by atoms with E-state index in [1.165, 1.54) is 0 Å². The molecule has 0 aromatic heterocycles. The predicted octanol–water partition coefficient (Wildman–Crippen LogP) is 4.59. The van der Waals surface area contributed by atoms with E-state index in [0.717, 1.165) is 4.47 Å². The van der Waals surface area contributed by atoms with Gasteiger partial charge in [-0.25, -0.2) is 0 Å². The second kappa shape index (κ2) is 6.01. The van der Waals surface area contributed by atoms with Crippen molar-refractivity contribution in [1.82, 2.24) is 0 Å². The van der Waals surface area contributed by atoms with Crippen molar-refractivity contribution in [3.8, 4) is 6.07 Å². The molecule has 4 heteroatoms. The number of rotatable bonds is 3. The zero-order valence-corrected chi connectivity index (χ0v) is 12.1. The van der Waals surface area contributed by atoms with Gasteiger partial charge in [-0.2, -0.15) is 5.26 Å². The molecule has 1 atom stereocenters. The van der Waals surface area contributed by atoms with Crippen molar-refractivity contribution in [3.05, 3.63) is 69.2 Å². The molecular weight excluding hydrogens is 326 g/mol. The Morgan fingerprint density at radius 1 is 1.21 bits per heavy atom. The number of nitriles is 1. The highest BCUT2D eigenvalue weighted by Gasteiger charge is 2.21. The van der Waals surface area contributed by atoms with Crippen LogP contribution in [0.2, 0.25) is 5.02 Å². The lowest BCUT2D eigenvalue weighted by Gasteiger charge is -2.09. The molecule has 0 heterocycles. The quantitative estimate of drug-likeness (QED) is 0.770. The van der Waals surface area contributed by atoms with Gasteiger partial charge in [-0.3, -0.25) is 4.79 Å². The van der Waals surface area contributed by atoms with Gasteiger partial charge in [0.25, 0.3) is 0 Å². The van der Waals surface area contributed by atoms with Gasteiger partial charge in [-0.05, 0) is 29.8 Å². The molecular formula is C15H9BrClNO. The zero-order valence-electron chi connectivity index (χ0n) is 9.81. The van der Waals surface area contributed by atoms with Gasteiger partial charge in [-0.15, -0.1) is 0 Å². The molecule has 0 aliphatic heterocycles. The molecule has 19 heavy (non-hydrogen) atoms. The smallest absolute Gasteiger partial charge is 0.184 e. The van der Waals surface area contributed by atoms with E-state index >= 15 is 0 Å². The van der Waals surface area contributed by atoms with Crippen LogP contribution in [0, 0.1) is 11.3 Å². The molecule has 0 bridgehead atoms. The van der Waals surface area contributed by atoms with Crippen LogP contribution in [-0.2, 0) is 0 Å². The summed E-state index contributed by atoms with van der Waals surface area (Å²) in [6.45, 7) is 0. The number of ketones is 1. The Morgan fingerprint density at radius 3 is 2.47 bits per heavy atom. The lowest BCUT2D eigenvalue weighted by atomic mass is 9.92. The fourth-order valence-corrected chi connectivity index (χ4v) is 2.21. The molecule has 94 valence electrons. The lowest BCUT2D eigenvalue weighted by molar-refractivity contribution is 0.0979. The number of hydrogen-bond donors (Lipinski definition) is 0. The van der Waals surface area contributed by atoms with Crippen LogP contribution in [0.15, 0.2) is 53.0 Å².